The van der Waals surface area contributed by atoms with Crippen molar-refractivity contribution < 1.29 is 9.59 Å². The van der Waals surface area contributed by atoms with Crippen LogP contribution in [0, 0.1) is 13.8 Å². The molecule has 0 aromatic carbocycles. The van der Waals surface area contributed by atoms with Crippen molar-refractivity contribution in [3.63, 3.8) is 0 Å². The van der Waals surface area contributed by atoms with E-state index < -0.39 is 0 Å². The highest BCUT2D eigenvalue weighted by Gasteiger charge is 2.27. The summed E-state index contributed by atoms with van der Waals surface area (Å²) < 4.78 is 1.70. The fraction of sp³-hybridized carbons (Fsp3) is 0.348. The highest BCUT2D eigenvalue weighted by Crippen LogP contribution is 2.40. The van der Waals surface area contributed by atoms with E-state index in [1.807, 2.05) is 31.4 Å². The van der Waals surface area contributed by atoms with Gasteiger partial charge in [-0.15, -0.1) is 22.7 Å². The number of amides is 1. The first-order valence-corrected chi connectivity index (χ1v) is 12.4. The summed E-state index contributed by atoms with van der Waals surface area (Å²) in [4.78, 5) is 36.8. The number of thiophene rings is 2. The molecule has 9 heteroatoms. The Morgan fingerprint density at radius 3 is 2.88 bits per heavy atom. The van der Waals surface area contributed by atoms with Gasteiger partial charge in [-0.2, -0.15) is 10.1 Å². The van der Waals surface area contributed by atoms with Crippen LogP contribution in [0.4, 0.5) is 5.00 Å². The van der Waals surface area contributed by atoms with Crippen LogP contribution >= 0.6 is 22.7 Å². The third-order valence-corrected chi connectivity index (χ3v) is 8.06. The van der Waals surface area contributed by atoms with E-state index >= 15 is 0 Å². The van der Waals surface area contributed by atoms with Gasteiger partial charge >= 0.3 is 0 Å². The number of carbonyl (C=O) groups is 2. The fourth-order valence-electron chi connectivity index (χ4n) is 4.37. The normalized spacial score (nSPS) is 13.3. The van der Waals surface area contributed by atoms with E-state index in [9.17, 15) is 9.59 Å². The number of carbonyl (C=O) groups excluding carboxylic acids is 2. The maximum Gasteiger partial charge on any atom is 0.252 e. The SMILES string of the molecule is Cc1nc2ncnn2c(C)c1CCC(=O)Nc1sc2c(c1C(=O)c1cccs1)CCCC2. The lowest BCUT2D eigenvalue weighted by molar-refractivity contribution is -0.116. The number of fused-ring (bicyclic) bond motifs is 2. The van der Waals surface area contributed by atoms with E-state index in [2.05, 4.69) is 20.4 Å². The molecule has 1 N–H and O–H groups in total. The molecule has 1 aliphatic rings. The van der Waals surface area contributed by atoms with Crippen LogP contribution in [0.25, 0.3) is 5.78 Å². The van der Waals surface area contributed by atoms with E-state index in [1.54, 1.807) is 15.9 Å². The van der Waals surface area contributed by atoms with Gasteiger partial charge in [-0.3, -0.25) is 9.59 Å². The molecule has 4 aromatic rings. The van der Waals surface area contributed by atoms with E-state index in [4.69, 9.17) is 0 Å². The smallest absolute Gasteiger partial charge is 0.252 e. The Bertz CT molecular complexity index is 1320. The molecule has 32 heavy (non-hydrogen) atoms. The summed E-state index contributed by atoms with van der Waals surface area (Å²) in [5.41, 5.74) is 4.62. The highest BCUT2D eigenvalue weighted by molar-refractivity contribution is 7.17. The van der Waals surface area contributed by atoms with Crippen LogP contribution in [0.3, 0.4) is 0 Å². The molecule has 7 nitrogen and oxygen atoms in total. The summed E-state index contributed by atoms with van der Waals surface area (Å²) in [6.07, 6.45) is 6.42. The summed E-state index contributed by atoms with van der Waals surface area (Å²) in [6.45, 7) is 3.90. The van der Waals surface area contributed by atoms with Gasteiger partial charge in [-0.25, -0.2) is 9.50 Å². The molecule has 0 aliphatic heterocycles. The summed E-state index contributed by atoms with van der Waals surface area (Å²) in [7, 11) is 0. The van der Waals surface area contributed by atoms with Gasteiger partial charge in [-0.05, 0) is 68.5 Å². The van der Waals surface area contributed by atoms with Crippen LogP contribution < -0.4 is 5.32 Å². The number of nitrogens with zero attached hydrogens (tertiary/aromatic N) is 4. The van der Waals surface area contributed by atoms with Gasteiger partial charge in [0.15, 0.2) is 0 Å². The first-order chi connectivity index (χ1) is 15.5. The minimum Gasteiger partial charge on any atom is -0.317 e. The van der Waals surface area contributed by atoms with Crippen LogP contribution in [0.2, 0.25) is 0 Å². The van der Waals surface area contributed by atoms with Gasteiger partial charge in [-0.1, -0.05) is 6.07 Å². The molecular weight excluding hydrogens is 442 g/mol. The number of rotatable bonds is 6. The summed E-state index contributed by atoms with van der Waals surface area (Å²) in [5, 5.41) is 9.88. The third kappa shape index (κ3) is 3.75. The molecule has 4 heterocycles. The van der Waals surface area contributed by atoms with Crippen molar-refractivity contribution in [1.29, 1.82) is 0 Å². The molecular formula is C23H23N5O2S2. The van der Waals surface area contributed by atoms with Gasteiger partial charge in [0.25, 0.3) is 5.78 Å². The second-order valence-corrected chi connectivity index (χ2v) is 10.1. The summed E-state index contributed by atoms with van der Waals surface area (Å²) in [5.74, 6) is 0.484. The maximum atomic E-state index is 13.3. The van der Waals surface area contributed by atoms with E-state index in [1.165, 1.54) is 22.5 Å². The Morgan fingerprint density at radius 2 is 2.06 bits per heavy atom. The van der Waals surface area contributed by atoms with E-state index in [0.29, 0.717) is 34.1 Å². The first-order valence-electron chi connectivity index (χ1n) is 10.7. The number of aromatic nitrogens is 4. The van der Waals surface area contributed by atoms with Crippen molar-refractivity contribution in [2.45, 2.75) is 52.4 Å². The molecule has 0 unspecified atom stereocenters. The zero-order chi connectivity index (χ0) is 22.2. The topological polar surface area (TPSA) is 89.2 Å². The zero-order valence-electron chi connectivity index (χ0n) is 18.0. The predicted octanol–water partition coefficient (Wildman–Crippen LogP) is 4.55. The minimum atomic E-state index is -0.0960. The number of hydrogen-bond acceptors (Lipinski definition) is 7. The van der Waals surface area contributed by atoms with Crippen molar-refractivity contribution >= 4 is 45.1 Å². The molecule has 0 saturated carbocycles. The van der Waals surface area contributed by atoms with Crippen molar-refractivity contribution in [2.24, 2.45) is 0 Å². The number of anilines is 1. The molecule has 0 spiro atoms. The molecule has 5 rings (SSSR count). The van der Waals surface area contributed by atoms with Crippen molar-refractivity contribution in [1.82, 2.24) is 19.6 Å². The highest BCUT2D eigenvalue weighted by atomic mass is 32.1. The molecule has 4 aromatic heterocycles. The number of nitrogens with one attached hydrogen (secondary N) is 1. The predicted molar refractivity (Wildman–Crippen MR) is 126 cm³/mol. The number of aryl methyl sites for hydroxylation is 3. The van der Waals surface area contributed by atoms with Crippen molar-refractivity contribution in [3.8, 4) is 0 Å². The number of ketones is 1. The van der Waals surface area contributed by atoms with Gasteiger partial charge < -0.3 is 5.32 Å². The second-order valence-electron chi connectivity index (χ2n) is 8.00. The van der Waals surface area contributed by atoms with Gasteiger partial charge in [0.1, 0.15) is 11.3 Å². The summed E-state index contributed by atoms with van der Waals surface area (Å²) >= 11 is 3.01. The molecule has 1 amide bonds. The third-order valence-electron chi connectivity index (χ3n) is 5.99. The Kier molecular flexibility index (Phi) is 5.60. The lowest BCUT2D eigenvalue weighted by Crippen LogP contribution is -2.16. The second kappa shape index (κ2) is 8.55. The summed E-state index contributed by atoms with van der Waals surface area (Å²) in [6, 6.07) is 3.74. The standard InChI is InChI=1S/C23H23N5O2S2/c1-13-15(14(2)28-23(26-13)24-12-25-28)9-10-19(29)27-22-20(21(30)18-8-5-11-31-18)16-6-3-4-7-17(16)32-22/h5,8,11-12H,3-4,6-7,9-10H2,1-2H3,(H,27,29). The lowest BCUT2D eigenvalue weighted by Gasteiger charge is -2.12. The van der Waals surface area contributed by atoms with Crippen molar-refractivity contribution in [3.05, 3.63) is 61.7 Å². The average molecular weight is 466 g/mol. The average Bonchev–Trinajstić information content (AvgIpc) is 3.52. The van der Waals surface area contributed by atoms with Crippen LogP contribution in [0.1, 0.15) is 61.9 Å². The van der Waals surface area contributed by atoms with Crippen LogP contribution in [-0.2, 0) is 24.1 Å². The largest absolute Gasteiger partial charge is 0.317 e. The molecule has 1 aliphatic carbocycles. The Balaban J connectivity index is 1.38. The Hall–Kier alpha value is -2.91. The van der Waals surface area contributed by atoms with Crippen LogP contribution in [0.15, 0.2) is 23.8 Å². The Labute approximate surface area is 193 Å². The molecule has 0 bridgehead atoms. The van der Waals surface area contributed by atoms with E-state index in [-0.39, 0.29) is 11.7 Å². The molecule has 0 fully saturated rings. The van der Waals surface area contributed by atoms with E-state index in [0.717, 1.165) is 48.2 Å². The molecule has 0 atom stereocenters. The quantitative estimate of drug-likeness (QED) is 0.422. The van der Waals surface area contributed by atoms with Gasteiger partial charge in [0, 0.05) is 22.7 Å². The number of hydrogen-bond donors (Lipinski definition) is 1. The molecule has 0 radical (unpaired) electrons. The maximum absolute atomic E-state index is 13.3. The zero-order valence-corrected chi connectivity index (χ0v) is 19.6. The first kappa shape index (κ1) is 21.0. The lowest BCUT2D eigenvalue weighted by atomic mass is 9.93. The van der Waals surface area contributed by atoms with Gasteiger partial charge in [0.05, 0.1) is 10.4 Å². The van der Waals surface area contributed by atoms with Crippen LogP contribution in [-0.4, -0.2) is 31.3 Å². The fourth-order valence-corrected chi connectivity index (χ4v) is 6.34. The van der Waals surface area contributed by atoms with Gasteiger partial charge in [0.2, 0.25) is 11.7 Å². The molecule has 164 valence electrons. The monoisotopic (exact) mass is 465 g/mol. The minimum absolute atomic E-state index is 0.0159. The molecule has 0 saturated heterocycles. The van der Waals surface area contributed by atoms with Crippen molar-refractivity contribution in [2.75, 3.05) is 5.32 Å². The Morgan fingerprint density at radius 1 is 1.22 bits per heavy atom. The van der Waals surface area contributed by atoms with Crippen LogP contribution in [0.5, 0.6) is 0 Å².